The second-order valence-electron chi connectivity index (χ2n) is 3.45. The largest absolute Gasteiger partial charge is 0.497 e. The summed E-state index contributed by atoms with van der Waals surface area (Å²) in [6.45, 7) is 0. The fraction of sp³-hybridized carbons (Fsp3) is 0.167. The maximum Gasteiger partial charge on any atom is 0.182 e. The molecule has 3 nitrogen and oxygen atoms in total. The summed E-state index contributed by atoms with van der Waals surface area (Å²) in [6, 6.07) is 7.37. The molecule has 17 heavy (non-hydrogen) atoms. The highest BCUT2D eigenvalue weighted by Crippen LogP contribution is 2.19. The molecule has 2 aromatic rings. The van der Waals surface area contributed by atoms with Gasteiger partial charge in [-0.3, -0.25) is 0 Å². The highest BCUT2D eigenvalue weighted by Gasteiger charge is 2.09. The lowest BCUT2D eigenvalue weighted by Crippen LogP contribution is -1.99. The smallest absolute Gasteiger partial charge is 0.182 e. The lowest BCUT2D eigenvalue weighted by atomic mass is 10.1. The molecule has 2 rings (SSSR count). The second kappa shape index (κ2) is 5.10. The number of halogens is 2. The van der Waals surface area contributed by atoms with Crippen molar-refractivity contribution >= 4 is 11.6 Å². The van der Waals surface area contributed by atoms with E-state index in [9.17, 15) is 4.39 Å². The number of rotatable bonds is 3. The van der Waals surface area contributed by atoms with Crippen molar-refractivity contribution in [1.29, 1.82) is 0 Å². The molecule has 0 aliphatic heterocycles. The van der Waals surface area contributed by atoms with Gasteiger partial charge in [-0.2, -0.15) is 0 Å². The molecular formula is C12H10ClFN2O. The summed E-state index contributed by atoms with van der Waals surface area (Å²) in [5, 5.41) is -0.155. The number of benzene rings is 1. The van der Waals surface area contributed by atoms with Crippen molar-refractivity contribution in [2.75, 3.05) is 7.11 Å². The van der Waals surface area contributed by atoms with E-state index in [-0.39, 0.29) is 10.8 Å². The number of methoxy groups -OCH3 is 1. The van der Waals surface area contributed by atoms with Crippen LogP contribution in [0.25, 0.3) is 0 Å². The van der Waals surface area contributed by atoms with E-state index in [1.807, 2.05) is 24.3 Å². The van der Waals surface area contributed by atoms with E-state index < -0.39 is 5.82 Å². The lowest BCUT2D eigenvalue weighted by Gasteiger charge is -2.05. The Balaban J connectivity index is 2.28. The Labute approximate surface area is 103 Å². The van der Waals surface area contributed by atoms with Gasteiger partial charge in [0.15, 0.2) is 11.0 Å². The Morgan fingerprint density at radius 2 is 2.18 bits per heavy atom. The zero-order chi connectivity index (χ0) is 12.3. The number of nitrogens with zero attached hydrogens (tertiary/aromatic N) is 2. The van der Waals surface area contributed by atoms with Crippen molar-refractivity contribution < 1.29 is 9.13 Å². The van der Waals surface area contributed by atoms with Crippen LogP contribution in [0.3, 0.4) is 0 Å². The van der Waals surface area contributed by atoms with E-state index in [0.29, 0.717) is 6.42 Å². The third kappa shape index (κ3) is 2.71. The summed E-state index contributed by atoms with van der Waals surface area (Å²) in [5.41, 5.74) is 1.18. The van der Waals surface area contributed by atoms with Crippen LogP contribution in [0.5, 0.6) is 5.75 Å². The molecular weight excluding hydrogens is 243 g/mol. The van der Waals surface area contributed by atoms with Crippen molar-refractivity contribution in [2.45, 2.75) is 6.42 Å². The standard InChI is InChI=1S/C12H10ClFN2O/c1-17-9-4-2-3-8(5-9)6-10-11(14)12(13)16-7-15-10/h2-5,7H,6H2,1H3. The normalized spacial score (nSPS) is 10.3. The molecule has 0 aliphatic carbocycles. The first kappa shape index (κ1) is 11.8. The molecule has 0 spiro atoms. The zero-order valence-corrected chi connectivity index (χ0v) is 9.91. The summed E-state index contributed by atoms with van der Waals surface area (Å²) in [4.78, 5) is 7.45. The molecule has 0 unspecified atom stereocenters. The van der Waals surface area contributed by atoms with Gasteiger partial charge in [0.05, 0.1) is 12.8 Å². The van der Waals surface area contributed by atoms with E-state index >= 15 is 0 Å². The Kier molecular flexibility index (Phi) is 3.54. The minimum Gasteiger partial charge on any atom is -0.497 e. The Hall–Kier alpha value is -1.68. The molecule has 0 bridgehead atoms. The van der Waals surface area contributed by atoms with Crippen LogP contribution in [-0.2, 0) is 6.42 Å². The van der Waals surface area contributed by atoms with Gasteiger partial charge in [0, 0.05) is 6.42 Å². The van der Waals surface area contributed by atoms with E-state index in [4.69, 9.17) is 16.3 Å². The van der Waals surface area contributed by atoms with Crippen molar-refractivity contribution in [1.82, 2.24) is 9.97 Å². The van der Waals surface area contributed by atoms with Gasteiger partial charge in [0.2, 0.25) is 0 Å². The number of ether oxygens (including phenoxy) is 1. The molecule has 0 saturated heterocycles. The van der Waals surface area contributed by atoms with E-state index in [1.165, 1.54) is 6.33 Å². The van der Waals surface area contributed by atoms with Crippen molar-refractivity contribution in [3.63, 3.8) is 0 Å². The Bertz CT molecular complexity index is 534. The summed E-state index contributed by atoms with van der Waals surface area (Å²) in [5.74, 6) is 0.153. The molecule has 0 radical (unpaired) electrons. The molecule has 1 heterocycles. The van der Waals surface area contributed by atoms with Crippen molar-refractivity contribution in [2.24, 2.45) is 0 Å². The van der Waals surface area contributed by atoms with Crippen LogP contribution in [0.4, 0.5) is 4.39 Å². The first-order valence-corrected chi connectivity index (χ1v) is 5.36. The van der Waals surface area contributed by atoms with Gasteiger partial charge >= 0.3 is 0 Å². The summed E-state index contributed by atoms with van der Waals surface area (Å²) < 4.78 is 18.7. The van der Waals surface area contributed by atoms with Crippen LogP contribution >= 0.6 is 11.6 Å². The van der Waals surface area contributed by atoms with E-state index in [0.717, 1.165) is 11.3 Å². The van der Waals surface area contributed by atoms with E-state index in [1.54, 1.807) is 7.11 Å². The second-order valence-corrected chi connectivity index (χ2v) is 3.81. The predicted molar refractivity (Wildman–Crippen MR) is 62.8 cm³/mol. The topological polar surface area (TPSA) is 35.0 Å². The van der Waals surface area contributed by atoms with Gasteiger partial charge in [-0.05, 0) is 17.7 Å². The van der Waals surface area contributed by atoms with Crippen LogP contribution in [0.1, 0.15) is 11.3 Å². The molecule has 0 fully saturated rings. The highest BCUT2D eigenvalue weighted by atomic mass is 35.5. The van der Waals surface area contributed by atoms with Gasteiger partial charge in [-0.1, -0.05) is 23.7 Å². The summed E-state index contributed by atoms with van der Waals surface area (Å²) >= 11 is 5.59. The van der Waals surface area contributed by atoms with Crippen molar-refractivity contribution in [3.05, 3.63) is 52.8 Å². The lowest BCUT2D eigenvalue weighted by molar-refractivity contribution is 0.414. The molecule has 1 aromatic heterocycles. The van der Waals surface area contributed by atoms with Crippen LogP contribution in [0.15, 0.2) is 30.6 Å². The minimum atomic E-state index is -0.572. The van der Waals surface area contributed by atoms with Gasteiger partial charge in [-0.25, -0.2) is 14.4 Å². The van der Waals surface area contributed by atoms with Crippen molar-refractivity contribution in [3.8, 4) is 5.75 Å². The maximum absolute atomic E-state index is 13.6. The summed E-state index contributed by atoms with van der Waals surface area (Å²) in [7, 11) is 1.58. The predicted octanol–water partition coefficient (Wildman–Crippen LogP) is 2.87. The average Bonchev–Trinajstić information content (AvgIpc) is 2.35. The fourth-order valence-corrected chi connectivity index (χ4v) is 1.63. The molecule has 0 saturated carbocycles. The molecule has 0 amide bonds. The molecule has 88 valence electrons. The third-order valence-corrected chi connectivity index (χ3v) is 2.59. The fourth-order valence-electron chi connectivity index (χ4n) is 1.48. The molecule has 5 heteroatoms. The summed E-state index contributed by atoms with van der Waals surface area (Å²) in [6.07, 6.45) is 1.60. The average molecular weight is 253 g/mol. The Morgan fingerprint density at radius 3 is 2.94 bits per heavy atom. The maximum atomic E-state index is 13.6. The van der Waals surface area contributed by atoms with Crippen LogP contribution < -0.4 is 4.74 Å². The number of aromatic nitrogens is 2. The first-order valence-electron chi connectivity index (χ1n) is 4.98. The van der Waals surface area contributed by atoms with Gasteiger partial charge in [0.25, 0.3) is 0 Å². The number of hydrogen-bond donors (Lipinski definition) is 0. The zero-order valence-electron chi connectivity index (χ0n) is 9.15. The van der Waals surface area contributed by atoms with Gasteiger partial charge in [-0.15, -0.1) is 0 Å². The number of hydrogen-bond acceptors (Lipinski definition) is 3. The molecule has 0 N–H and O–H groups in total. The molecule has 1 aromatic carbocycles. The highest BCUT2D eigenvalue weighted by molar-refractivity contribution is 6.29. The monoisotopic (exact) mass is 252 g/mol. The Morgan fingerprint density at radius 1 is 1.35 bits per heavy atom. The quantitative estimate of drug-likeness (QED) is 0.788. The van der Waals surface area contributed by atoms with Gasteiger partial charge in [0.1, 0.15) is 12.1 Å². The SMILES string of the molecule is COc1cccc(Cc2ncnc(Cl)c2F)c1. The van der Waals surface area contributed by atoms with E-state index in [2.05, 4.69) is 9.97 Å². The first-order chi connectivity index (χ1) is 8.20. The van der Waals surface area contributed by atoms with Crippen LogP contribution in [0.2, 0.25) is 5.15 Å². The van der Waals surface area contributed by atoms with Gasteiger partial charge < -0.3 is 4.74 Å². The van der Waals surface area contributed by atoms with Crippen LogP contribution in [-0.4, -0.2) is 17.1 Å². The third-order valence-electron chi connectivity index (χ3n) is 2.32. The minimum absolute atomic E-state index is 0.155. The molecule has 0 atom stereocenters. The molecule has 0 aliphatic rings. The van der Waals surface area contributed by atoms with Crippen LogP contribution in [0, 0.1) is 5.82 Å².